The Morgan fingerprint density at radius 3 is 2.24 bits per heavy atom. The summed E-state index contributed by atoms with van der Waals surface area (Å²) >= 11 is 7.46. The van der Waals surface area contributed by atoms with Gasteiger partial charge in [-0.15, -0.1) is 0 Å². The molecule has 38 heavy (non-hydrogen) atoms. The standard InChI is InChI=1S/C25H28ClF3N6O2S/c26-20-15-21(33-8-12-35(13-9-33)23(37)17-4-5-17)31-24(30-20)38-16-22(36)34-10-6-32(7-11-34)19-3-1-2-18(14-19)25(27,28)29/h1-3,14-15,17H,4-13,16H2. The average molecular weight is 569 g/mol. The van der Waals surface area contributed by atoms with E-state index in [2.05, 4.69) is 14.9 Å². The zero-order valence-corrected chi connectivity index (χ0v) is 22.2. The maximum Gasteiger partial charge on any atom is 0.416 e. The number of benzene rings is 1. The molecule has 0 atom stereocenters. The van der Waals surface area contributed by atoms with E-state index in [0.29, 0.717) is 69.0 Å². The molecule has 1 aliphatic carbocycles. The number of amides is 2. The lowest BCUT2D eigenvalue weighted by Gasteiger charge is -2.36. The van der Waals surface area contributed by atoms with Crippen molar-refractivity contribution in [2.24, 2.45) is 5.92 Å². The first-order valence-electron chi connectivity index (χ1n) is 12.6. The number of thioether (sulfide) groups is 1. The van der Waals surface area contributed by atoms with Crippen molar-refractivity contribution in [2.45, 2.75) is 24.2 Å². The lowest BCUT2D eigenvalue weighted by molar-refractivity contribution is -0.137. The summed E-state index contributed by atoms with van der Waals surface area (Å²) in [7, 11) is 0. The highest BCUT2D eigenvalue weighted by Crippen LogP contribution is 2.33. The fraction of sp³-hybridized carbons (Fsp3) is 0.520. The third-order valence-corrected chi connectivity index (χ3v) is 8.02. The van der Waals surface area contributed by atoms with Gasteiger partial charge in [0.1, 0.15) is 11.0 Å². The Morgan fingerprint density at radius 1 is 0.921 bits per heavy atom. The number of hydrogen-bond donors (Lipinski definition) is 0. The molecular formula is C25H28ClF3N6O2S. The minimum absolute atomic E-state index is 0.0870. The van der Waals surface area contributed by atoms with Gasteiger partial charge < -0.3 is 19.6 Å². The quantitative estimate of drug-likeness (QED) is 0.299. The second-order valence-corrected chi connectivity index (χ2v) is 11.0. The van der Waals surface area contributed by atoms with Gasteiger partial charge in [-0.25, -0.2) is 9.97 Å². The molecule has 0 N–H and O–H groups in total. The van der Waals surface area contributed by atoms with E-state index in [1.165, 1.54) is 17.8 Å². The minimum Gasteiger partial charge on any atom is -0.368 e. The van der Waals surface area contributed by atoms with E-state index >= 15 is 0 Å². The van der Waals surface area contributed by atoms with E-state index in [-0.39, 0.29) is 28.6 Å². The number of aromatic nitrogens is 2. The molecule has 0 radical (unpaired) electrons. The average Bonchev–Trinajstić information content (AvgIpc) is 3.77. The van der Waals surface area contributed by atoms with Crippen LogP contribution in [0.2, 0.25) is 5.15 Å². The molecule has 1 aromatic carbocycles. The van der Waals surface area contributed by atoms with Crippen LogP contribution in [0.1, 0.15) is 18.4 Å². The van der Waals surface area contributed by atoms with Gasteiger partial charge in [-0.3, -0.25) is 9.59 Å². The molecule has 204 valence electrons. The summed E-state index contributed by atoms with van der Waals surface area (Å²) in [5, 5.41) is 0.691. The number of halogens is 4. The number of anilines is 2. The Labute approximate surface area is 228 Å². The van der Waals surface area contributed by atoms with Crippen molar-refractivity contribution in [3.05, 3.63) is 41.0 Å². The Hall–Kier alpha value is -2.73. The van der Waals surface area contributed by atoms with E-state index in [0.717, 1.165) is 25.0 Å². The van der Waals surface area contributed by atoms with Crippen molar-refractivity contribution in [1.82, 2.24) is 19.8 Å². The van der Waals surface area contributed by atoms with Gasteiger partial charge in [0.05, 0.1) is 11.3 Å². The molecule has 2 aromatic rings. The first-order valence-corrected chi connectivity index (χ1v) is 13.9. The van der Waals surface area contributed by atoms with Crippen molar-refractivity contribution in [1.29, 1.82) is 0 Å². The smallest absolute Gasteiger partial charge is 0.368 e. The topological polar surface area (TPSA) is 72.9 Å². The molecule has 2 saturated heterocycles. The molecule has 1 aromatic heterocycles. The van der Waals surface area contributed by atoms with Crippen LogP contribution in [0.15, 0.2) is 35.5 Å². The van der Waals surface area contributed by atoms with Crippen LogP contribution in [-0.2, 0) is 15.8 Å². The Balaban J connectivity index is 1.12. The summed E-state index contributed by atoms with van der Waals surface area (Å²) in [6.07, 6.45) is -2.41. The highest BCUT2D eigenvalue weighted by molar-refractivity contribution is 7.99. The van der Waals surface area contributed by atoms with Crippen LogP contribution < -0.4 is 9.80 Å². The second-order valence-electron chi connectivity index (χ2n) is 9.62. The minimum atomic E-state index is -4.39. The molecule has 5 rings (SSSR count). The maximum absolute atomic E-state index is 13.0. The third-order valence-electron chi connectivity index (χ3n) is 7.00. The number of rotatable bonds is 6. The zero-order valence-electron chi connectivity index (χ0n) is 20.7. The van der Waals surface area contributed by atoms with Crippen molar-refractivity contribution in [2.75, 3.05) is 67.9 Å². The van der Waals surface area contributed by atoms with Crippen molar-refractivity contribution in [3.8, 4) is 0 Å². The van der Waals surface area contributed by atoms with E-state index in [9.17, 15) is 22.8 Å². The predicted octanol–water partition coefficient (Wildman–Crippen LogP) is 3.65. The van der Waals surface area contributed by atoms with Crippen LogP contribution in [0.25, 0.3) is 0 Å². The monoisotopic (exact) mass is 568 g/mol. The first kappa shape index (κ1) is 26.9. The fourth-order valence-corrected chi connectivity index (χ4v) is 5.65. The molecule has 0 bridgehead atoms. The SMILES string of the molecule is O=C(CSc1nc(Cl)cc(N2CCN(C(=O)C3CC3)CC2)n1)N1CCN(c2cccc(C(F)(F)F)c2)CC1. The van der Waals surface area contributed by atoms with Gasteiger partial charge in [0.15, 0.2) is 5.16 Å². The molecule has 2 amide bonds. The van der Waals surface area contributed by atoms with Crippen molar-refractivity contribution >= 4 is 46.7 Å². The number of carbonyl (C=O) groups excluding carboxylic acids is 2. The molecule has 3 heterocycles. The predicted molar refractivity (Wildman–Crippen MR) is 140 cm³/mol. The highest BCUT2D eigenvalue weighted by atomic mass is 35.5. The van der Waals surface area contributed by atoms with Gasteiger partial charge >= 0.3 is 6.18 Å². The van der Waals surface area contributed by atoms with Crippen LogP contribution in [0.3, 0.4) is 0 Å². The van der Waals surface area contributed by atoms with Crippen molar-refractivity contribution in [3.63, 3.8) is 0 Å². The molecule has 1 saturated carbocycles. The fourth-order valence-electron chi connectivity index (χ4n) is 4.67. The second kappa shape index (κ2) is 11.2. The molecule has 3 aliphatic rings. The van der Waals surface area contributed by atoms with Crippen LogP contribution >= 0.6 is 23.4 Å². The summed E-state index contributed by atoms with van der Waals surface area (Å²) in [6.45, 7) is 4.34. The summed E-state index contributed by atoms with van der Waals surface area (Å²) < 4.78 is 39.1. The Kier molecular flexibility index (Phi) is 7.90. The highest BCUT2D eigenvalue weighted by Gasteiger charge is 2.35. The molecule has 2 aliphatic heterocycles. The van der Waals surface area contributed by atoms with E-state index in [4.69, 9.17) is 11.6 Å². The van der Waals surface area contributed by atoms with Crippen LogP contribution in [0.5, 0.6) is 0 Å². The lowest BCUT2D eigenvalue weighted by Crippen LogP contribution is -2.49. The molecule has 0 spiro atoms. The van der Waals surface area contributed by atoms with Crippen LogP contribution in [-0.4, -0.2) is 89.7 Å². The Bertz CT molecular complexity index is 1180. The first-order chi connectivity index (χ1) is 18.2. The normalized spacial score (nSPS) is 18.6. The number of hydrogen-bond acceptors (Lipinski definition) is 7. The molecular weight excluding hydrogens is 541 g/mol. The molecule has 3 fully saturated rings. The van der Waals surface area contributed by atoms with Gasteiger partial charge in [0.2, 0.25) is 11.8 Å². The van der Waals surface area contributed by atoms with E-state index in [1.54, 1.807) is 17.0 Å². The molecule has 8 nitrogen and oxygen atoms in total. The number of carbonyl (C=O) groups is 2. The summed E-state index contributed by atoms with van der Waals surface area (Å²) in [4.78, 5) is 41.5. The summed E-state index contributed by atoms with van der Waals surface area (Å²) in [6, 6.07) is 6.95. The number of alkyl halides is 3. The maximum atomic E-state index is 13.0. The van der Waals surface area contributed by atoms with Crippen molar-refractivity contribution < 1.29 is 22.8 Å². The number of nitrogens with zero attached hydrogens (tertiary/aromatic N) is 6. The van der Waals surface area contributed by atoms with Gasteiger partial charge in [-0.2, -0.15) is 13.2 Å². The van der Waals surface area contributed by atoms with Gasteiger partial charge in [-0.1, -0.05) is 29.4 Å². The molecule has 13 heteroatoms. The van der Waals surface area contributed by atoms with Crippen LogP contribution in [0, 0.1) is 5.92 Å². The number of piperazine rings is 2. The van der Waals surface area contributed by atoms with Gasteiger partial charge in [0.25, 0.3) is 0 Å². The van der Waals surface area contributed by atoms with Gasteiger partial charge in [0, 0.05) is 70.0 Å². The largest absolute Gasteiger partial charge is 0.416 e. The third kappa shape index (κ3) is 6.45. The summed E-state index contributed by atoms with van der Waals surface area (Å²) in [5.41, 5.74) is -0.182. The van der Waals surface area contributed by atoms with E-state index in [1.807, 2.05) is 9.80 Å². The van der Waals surface area contributed by atoms with Crippen LogP contribution in [0.4, 0.5) is 24.7 Å². The molecule has 0 unspecified atom stereocenters. The lowest BCUT2D eigenvalue weighted by atomic mass is 10.1. The zero-order chi connectivity index (χ0) is 26.9. The van der Waals surface area contributed by atoms with E-state index < -0.39 is 11.7 Å². The van der Waals surface area contributed by atoms with Gasteiger partial charge in [-0.05, 0) is 31.0 Å². The summed E-state index contributed by atoms with van der Waals surface area (Å²) in [5.74, 6) is 1.17. The Morgan fingerprint density at radius 2 is 1.58 bits per heavy atom.